The van der Waals surface area contributed by atoms with E-state index in [-0.39, 0.29) is 11.3 Å². The van der Waals surface area contributed by atoms with Crippen LogP contribution in [0.4, 0.5) is 5.69 Å². The molecule has 1 amide bonds. The lowest BCUT2D eigenvalue weighted by molar-refractivity contribution is -0.117. The molecular formula is C14H22N2O2. The first kappa shape index (κ1) is 14.5. The van der Waals surface area contributed by atoms with Crippen LogP contribution in [-0.4, -0.2) is 19.1 Å². The zero-order valence-electron chi connectivity index (χ0n) is 11.7. The van der Waals surface area contributed by atoms with Gasteiger partial charge in [-0.05, 0) is 30.0 Å². The summed E-state index contributed by atoms with van der Waals surface area (Å²) in [5.41, 5.74) is 7.35. The maximum atomic E-state index is 11.6. The maximum Gasteiger partial charge on any atom is 0.241 e. The largest absolute Gasteiger partial charge is 0.495 e. The average Bonchev–Trinajstić information content (AvgIpc) is 2.27. The fourth-order valence-corrected chi connectivity index (χ4v) is 1.52. The molecule has 1 aromatic rings. The second-order valence-electron chi connectivity index (χ2n) is 5.44. The van der Waals surface area contributed by atoms with E-state index in [0.29, 0.717) is 11.4 Å². The number of rotatable bonds is 3. The molecule has 0 aliphatic carbocycles. The van der Waals surface area contributed by atoms with Gasteiger partial charge in [0.05, 0.1) is 18.8 Å². The van der Waals surface area contributed by atoms with Crippen LogP contribution in [0, 0.1) is 0 Å². The van der Waals surface area contributed by atoms with Crippen LogP contribution < -0.4 is 15.8 Å². The van der Waals surface area contributed by atoms with Crippen LogP contribution in [0.25, 0.3) is 0 Å². The molecule has 1 rings (SSSR count). The monoisotopic (exact) mass is 250 g/mol. The molecule has 0 aliphatic rings. The van der Waals surface area contributed by atoms with E-state index in [4.69, 9.17) is 10.5 Å². The summed E-state index contributed by atoms with van der Waals surface area (Å²) in [6, 6.07) is 5.24. The van der Waals surface area contributed by atoms with Gasteiger partial charge < -0.3 is 15.8 Å². The van der Waals surface area contributed by atoms with E-state index >= 15 is 0 Å². The summed E-state index contributed by atoms with van der Waals surface area (Å²) in [5, 5.41) is 2.78. The van der Waals surface area contributed by atoms with Crippen molar-refractivity contribution in [3.63, 3.8) is 0 Å². The van der Waals surface area contributed by atoms with Crippen molar-refractivity contribution >= 4 is 11.6 Å². The summed E-state index contributed by atoms with van der Waals surface area (Å²) in [5.74, 6) is 0.413. The topological polar surface area (TPSA) is 64.3 Å². The number of amides is 1. The van der Waals surface area contributed by atoms with Gasteiger partial charge in [0, 0.05) is 0 Å². The van der Waals surface area contributed by atoms with Crippen LogP contribution in [-0.2, 0) is 10.2 Å². The highest BCUT2D eigenvalue weighted by Crippen LogP contribution is 2.31. The molecule has 0 saturated heterocycles. The molecule has 1 atom stereocenters. The first-order valence-corrected chi connectivity index (χ1v) is 6.00. The van der Waals surface area contributed by atoms with E-state index in [9.17, 15) is 4.79 Å². The number of hydrogen-bond donors (Lipinski definition) is 2. The molecular weight excluding hydrogens is 228 g/mol. The molecule has 0 aromatic heterocycles. The van der Waals surface area contributed by atoms with E-state index in [1.807, 2.05) is 18.2 Å². The van der Waals surface area contributed by atoms with Gasteiger partial charge in [0.15, 0.2) is 0 Å². The molecule has 0 spiro atoms. The summed E-state index contributed by atoms with van der Waals surface area (Å²) in [7, 11) is 1.58. The van der Waals surface area contributed by atoms with E-state index in [1.54, 1.807) is 14.0 Å². The van der Waals surface area contributed by atoms with Gasteiger partial charge in [0.25, 0.3) is 0 Å². The van der Waals surface area contributed by atoms with Gasteiger partial charge in [-0.2, -0.15) is 0 Å². The molecule has 100 valence electrons. The SMILES string of the molecule is COc1ccc(C(C)(C)C)cc1NC(=O)C(C)N. The van der Waals surface area contributed by atoms with Crippen LogP contribution in [0.5, 0.6) is 5.75 Å². The third-order valence-electron chi connectivity index (χ3n) is 2.74. The maximum absolute atomic E-state index is 11.6. The Bertz CT molecular complexity index is 434. The Kier molecular flexibility index (Phi) is 4.35. The molecule has 1 aromatic carbocycles. The van der Waals surface area contributed by atoms with Crippen LogP contribution in [0.15, 0.2) is 18.2 Å². The highest BCUT2D eigenvalue weighted by atomic mass is 16.5. The van der Waals surface area contributed by atoms with Crippen molar-refractivity contribution < 1.29 is 9.53 Å². The summed E-state index contributed by atoms with van der Waals surface area (Å²) < 4.78 is 5.24. The third-order valence-corrected chi connectivity index (χ3v) is 2.74. The van der Waals surface area contributed by atoms with Crippen LogP contribution >= 0.6 is 0 Å². The minimum Gasteiger partial charge on any atom is -0.495 e. The van der Waals surface area contributed by atoms with E-state index < -0.39 is 6.04 Å². The third kappa shape index (κ3) is 3.47. The first-order valence-electron chi connectivity index (χ1n) is 6.00. The quantitative estimate of drug-likeness (QED) is 0.865. The van der Waals surface area contributed by atoms with Gasteiger partial charge in [-0.25, -0.2) is 0 Å². The normalized spacial score (nSPS) is 13.0. The standard InChI is InChI=1S/C14H22N2O2/c1-9(15)13(17)16-11-8-10(14(2,3)4)6-7-12(11)18-5/h6-9H,15H2,1-5H3,(H,16,17). The number of carbonyl (C=O) groups excluding carboxylic acids is 1. The average molecular weight is 250 g/mol. The van der Waals surface area contributed by atoms with Gasteiger partial charge in [0.1, 0.15) is 5.75 Å². The molecule has 4 heteroatoms. The Hall–Kier alpha value is -1.55. The Balaban J connectivity index is 3.11. The summed E-state index contributed by atoms with van der Waals surface area (Å²) in [4.78, 5) is 11.6. The minimum absolute atomic E-state index is 0.0140. The zero-order valence-corrected chi connectivity index (χ0v) is 11.7. The van der Waals surface area contributed by atoms with E-state index in [1.165, 1.54) is 0 Å². The van der Waals surface area contributed by atoms with Gasteiger partial charge in [0.2, 0.25) is 5.91 Å². The lowest BCUT2D eigenvalue weighted by Crippen LogP contribution is -2.32. The molecule has 0 radical (unpaired) electrons. The van der Waals surface area contributed by atoms with Crippen molar-refractivity contribution in [2.24, 2.45) is 5.73 Å². The lowest BCUT2D eigenvalue weighted by Gasteiger charge is -2.21. The Morgan fingerprint density at radius 3 is 2.44 bits per heavy atom. The van der Waals surface area contributed by atoms with Crippen molar-refractivity contribution in [3.8, 4) is 5.75 Å². The molecule has 0 bridgehead atoms. The van der Waals surface area contributed by atoms with Crippen molar-refractivity contribution in [3.05, 3.63) is 23.8 Å². The van der Waals surface area contributed by atoms with E-state index in [0.717, 1.165) is 5.56 Å². The predicted molar refractivity (Wildman–Crippen MR) is 74.0 cm³/mol. The second-order valence-corrected chi connectivity index (χ2v) is 5.44. The Labute approximate surface area is 109 Å². The van der Waals surface area contributed by atoms with Crippen molar-refractivity contribution in [2.75, 3.05) is 12.4 Å². The Morgan fingerprint density at radius 1 is 1.39 bits per heavy atom. The number of benzene rings is 1. The summed E-state index contributed by atoms with van der Waals surface area (Å²) in [6.07, 6.45) is 0. The van der Waals surface area contributed by atoms with E-state index in [2.05, 4.69) is 26.1 Å². The smallest absolute Gasteiger partial charge is 0.241 e. The summed E-state index contributed by atoms with van der Waals surface area (Å²) >= 11 is 0. The lowest BCUT2D eigenvalue weighted by atomic mass is 9.87. The van der Waals surface area contributed by atoms with Gasteiger partial charge in [-0.1, -0.05) is 26.8 Å². The fraction of sp³-hybridized carbons (Fsp3) is 0.500. The number of ether oxygens (including phenoxy) is 1. The molecule has 0 heterocycles. The number of anilines is 1. The number of methoxy groups -OCH3 is 1. The van der Waals surface area contributed by atoms with Gasteiger partial charge in [-0.15, -0.1) is 0 Å². The Morgan fingerprint density at radius 2 is 2.00 bits per heavy atom. The number of carbonyl (C=O) groups is 1. The molecule has 0 saturated carbocycles. The van der Waals surface area contributed by atoms with Crippen LogP contribution in [0.1, 0.15) is 33.3 Å². The van der Waals surface area contributed by atoms with Crippen molar-refractivity contribution in [1.29, 1.82) is 0 Å². The van der Waals surface area contributed by atoms with Crippen molar-refractivity contribution in [2.45, 2.75) is 39.2 Å². The molecule has 18 heavy (non-hydrogen) atoms. The second kappa shape index (κ2) is 5.40. The highest BCUT2D eigenvalue weighted by Gasteiger charge is 2.17. The summed E-state index contributed by atoms with van der Waals surface area (Å²) in [6.45, 7) is 8.00. The predicted octanol–water partition coefficient (Wildman–Crippen LogP) is 2.28. The zero-order chi connectivity index (χ0) is 13.9. The number of hydrogen-bond acceptors (Lipinski definition) is 3. The fourth-order valence-electron chi connectivity index (χ4n) is 1.52. The van der Waals surface area contributed by atoms with Gasteiger partial charge >= 0.3 is 0 Å². The van der Waals surface area contributed by atoms with Crippen LogP contribution in [0.3, 0.4) is 0 Å². The number of nitrogens with two attached hydrogens (primary N) is 1. The molecule has 3 N–H and O–H groups in total. The van der Waals surface area contributed by atoms with Crippen LogP contribution in [0.2, 0.25) is 0 Å². The minimum atomic E-state index is -0.548. The van der Waals surface area contributed by atoms with Gasteiger partial charge in [-0.3, -0.25) is 4.79 Å². The molecule has 0 aliphatic heterocycles. The molecule has 0 fully saturated rings. The molecule has 1 unspecified atom stereocenters. The first-order chi connectivity index (χ1) is 8.25. The van der Waals surface area contributed by atoms with Crippen molar-refractivity contribution in [1.82, 2.24) is 0 Å². The highest BCUT2D eigenvalue weighted by molar-refractivity contribution is 5.95. The number of nitrogens with one attached hydrogen (secondary N) is 1. The molecule has 4 nitrogen and oxygen atoms in total.